The minimum Gasteiger partial charge on any atom is -0.402 e. The van der Waals surface area contributed by atoms with Crippen LogP contribution in [-0.4, -0.2) is 18.0 Å². The quantitative estimate of drug-likeness (QED) is 0.675. The summed E-state index contributed by atoms with van der Waals surface area (Å²) in [4.78, 5) is 2.30. The first-order valence-electron chi connectivity index (χ1n) is 5.76. The van der Waals surface area contributed by atoms with Crippen LogP contribution in [0.5, 0.6) is 0 Å². The van der Waals surface area contributed by atoms with Crippen molar-refractivity contribution in [2.45, 2.75) is 32.6 Å². The molecular formula is C12H21N3. The van der Waals surface area contributed by atoms with Crippen molar-refractivity contribution in [3.05, 3.63) is 23.7 Å². The van der Waals surface area contributed by atoms with Crippen LogP contribution < -0.4 is 11.5 Å². The fourth-order valence-electron chi connectivity index (χ4n) is 2.34. The van der Waals surface area contributed by atoms with Gasteiger partial charge in [0.2, 0.25) is 0 Å². The molecule has 0 aromatic rings. The number of nitrogens with two attached hydrogens (primary N) is 2. The largest absolute Gasteiger partial charge is 0.402 e. The Balaban J connectivity index is 1.97. The zero-order chi connectivity index (χ0) is 10.9. The van der Waals surface area contributed by atoms with Gasteiger partial charge < -0.3 is 16.4 Å². The number of nitrogens with zero attached hydrogens (tertiary/aromatic N) is 1. The first-order valence-corrected chi connectivity index (χ1v) is 5.76. The molecule has 0 unspecified atom stereocenters. The van der Waals surface area contributed by atoms with Crippen LogP contribution in [0.3, 0.4) is 0 Å². The topological polar surface area (TPSA) is 55.3 Å². The molecule has 2 fully saturated rings. The van der Waals surface area contributed by atoms with Crippen LogP contribution in [0.1, 0.15) is 32.6 Å². The lowest BCUT2D eigenvalue weighted by Crippen LogP contribution is -2.38. The predicted octanol–water partition coefficient (Wildman–Crippen LogP) is 1.52. The molecule has 1 saturated heterocycles. The van der Waals surface area contributed by atoms with Gasteiger partial charge in [-0.1, -0.05) is 0 Å². The van der Waals surface area contributed by atoms with Crippen molar-refractivity contribution in [1.82, 2.24) is 4.90 Å². The molecule has 0 aromatic carbocycles. The van der Waals surface area contributed by atoms with E-state index in [9.17, 15) is 0 Å². The fourth-order valence-corrected chi connectivity index (χ4v) is 2.34. The summed E-state index contributed by atoms with van der Waals surface area (Å²) < 4.78 is 0. The third kappa shape index (κ3) is 2.46. The second kappa shape index (κ2) is 3.80. The standard InChI is InChI=1S/C12H21N3/c1-10(13)3-4-11(14)15-8-2-5-12(9-15)6-7-12/h3-4H,2,5-9,13-14H2,1H3/b10-3-,11-4+. The van der Waals surface area contributed by atoms with E-state index in [1.54, 1.807) is 0 Å². The second-order valence-electron chi connectivity index (χ2n) is 5.03. The Kier molecular flexibility index (Phi) is 2.63. The van der Waals surface area contributed by atoms with Gasteiger partial charge in [0.15, 0.2) is 0 Å². The van der Waals surface area contributed by atoms with Gasteiger partial charge in [0.1, 0.15) is 0 Å². The first kappa shape index (κ1) is 10.4. The van der Waals surface area contributed by atoms with E-state index in [0.29, 0.717) is 5.41 Å². The van der Waals surface area contributed by atoms with Gasteiger partial charge in [-0.2, -0.15) is 0 Å². The van der Waals surface area contributed by atoms with Crippen molar-refractivity contribution in [3.8, 4) is 0 Å². The SMILES string of the molecule is C/C(N)=C/C=C(\N)N1CCCC2(CC2)C1. The van der Waals surface area contributed by atoms with E-state index in [0.717, 1.165) is 24.6 Å². The van der Waals surface area contributed by atoms with Crippen molar-refractivity contribution in [3.63, 3.8) is 0 Å². The van der Waals surface area contributed by atoms with Crippen LogP contribution in [0.15, 0.2) is 23.7 Å². The molecule has 1 saturated carbocycles. The zero-order valence-corrected chi connectivity index (χ0v) is 9.50. The lowest BCUT2D eigenvalue weighted by Gasteiger charge is -2.34. The van der Waals surface area contributed by atoms with Crippen LogP contribution in [0, 0.1) is 5.41 Å². The molecule has 1 spiro atoms. The van der Waals surface area contributed by atoms with E-state index in [1.165, 1.54) is 25.7 Å². The smallest absolute Gasteiger partial charge is 0.0987 e. The molecule has 0 amide bonds. The number of hydrogen-bond acceptors (Lipinski definition) is 3. The lowest BCUT2D eigenvalue weighted by atomic mass is 9.95. The highest BCUT2D eigenvalue weighted by Gasteiger charge is 2.45. The molecule has 2 aliphatic rings. The van der Waals surface area contributed by atoms with E-state index in [4.69, 9.17) is 11.5 Å². The van der Waals surface area contributed by atoms with E-state index in [2.05, 4.69) is 4.90 Å². The predicted molar refractivity (Wildman–Crippen MR) is 62.7 cm³/mol. The number of allylic oxidation sites excluding steroid dienone is 3. The molecular weight excluding hydrogens is 186 g/mol. The van der Waals surface area contributed by atoms with Crippen LogP contribution in [0.2, 0.25) is 0 Å². The number of likely N-dealkylation sites (tertiary alicyclic amines) is 1. The van der Waals surface area contributed by atoms with Gasteiger partial charge in [-0.15, -0.1) is 0 Å². The molecule has 1 aliphatic heterocycles. The Bertz CT molecular complexity index is 296. The van der Waals surface area contributed by atoms with E-state index < -0.39 is 0 Å². The van der Waals surface area contributed by atoms with Crippen molar-refractivity contribution >= 4 is 0 Å². The van der Waals surface area contributed by atoms with E-state index >= 15 is 0 Å². The van der Waals surface area contributed by atoms with Crippen molar-refractivity contribution in [2.75, 3.05) is 13.1 Å². The number of piperidine rings is 1. The first-order chi connectivity index (χ1) is 7.11. The molecule has 0 radical (unpaired) electrons. The van der Waals surface area contributed by atoms with Gasteiger partial charge >= 0.3 is 0 Å². The number of rotatable bonds is 2. The third-order valence-corrected chi connectivity index (χ3v) is 3.50. The molecule has 0 aromatic heterocycles. The Labute approximate surface area is 91.8 Å². The molecule has 4 N–H and O–H groups in total. The molecule has 3 heteroatoms. The Morgan fingerprint density at radius 1 is 1.20 bits per heavy atom. The summed E-state index contributed by atoms with van der Waals surface area (Å²) in [5, 5.41) is 0. The van der Waals surface area contributed by atoms with Crippen molar-refractivity contribution in [1.29, 1.82) is 0 Å². The van der Waals surface area contributed by atoms with Crippen LogP contribution in [-0.2, 0) is 0 Å². The molecule has 0 atom stereocenters. The third-order valence-electron chi connectivity index (χ3n) is 3.50. The zero-order valence-electron chi connectivity index (χ0n) is 9.50. The Hall–Kier alpha value is -1.12. The Morgan fingerprint density at radius 2 is 1.93 bits per heavy atom. The van der Waals surface area contributed by atoms with E-state index in [1.807, 2.05) is 19.1 Å². The lowest BCUT2D eigenvalue weighted by molar-refractivity contribution is 0.200. The minimum absolute atomic E-state index is 0.623. The summed E-state index contributed by atoms with van der Waals surface area (Å²) in [5.74, 6) is 0.866. The highest BCUT2D eigenvalue weighted by Crippen LogP contribution is 2.52. The maximum atomic E-state index is 6.03. The van der Waals surface area contributed by atoms with E-state index in [-0.39, 0.29) is 0 Å². The minimum atomic E-state index is 0.623. The van der Waals surface area contributed by atoms with Crippen molar-refractivity contribution < 1.29 is 0 Å². The van der Waals surface area contributed by atoms with Gasteiger partial charge in [0.05, 0.1) is 5.82 Å². The molecule has 84 valence electrons. The van der Waals surface area contributed by atoms with Gasteiger partial charge in [0.25, 0.3) is 0 Å². The average molecular weight is 207 g/mol. The summed E-state index contributed by atoms with van der Waals surface area (Å²) in [5.41, 5.74) is 13.0. The summed E-state index contributed by atoms with van der Waals surface area (Å²) in [7, 11) is 0. The van der Waals surface area contributed by atoms with Crippen LogP contribution >= 0.6 is 0 Å². The maximum Gasteiger partial charge on any atom is 0.0987 e. The summed E-state index contributed by atoms with van der Waals surface area (Å²) in [6, 6.07) is 0. The van der Waals surface area contributed by atoms with Crippen molar-refractivity contribution in [2.24, 2.45) is 16.9 Å². The molecule has 1 aliphatic carbocycles. The molecule has 0 bridgehead atoms. The van der Waals surface area contributed by atoms with Crippen LogP contribution in [0.25, 0.3) is 0 Å². The van der Waals surface area contributed by atoms with Crippen LogP contribution in [0.4, 0.5) is 0 Å². The normalized spacial score (nSPS) is 25.8. The maximum absolute atomic E-state index is 6.03. The van der Waals surface area contributed by atoms with Gasteiger partial charge in [-0.25, -0.2) is 0 Å². The summed E-state index contributed by atoms with van der Waals surface area (Å²) in [6.07, 6.45) is 9.26. The molecule has 3 nitrogen and oxygen atoms in total. The average Bonchev–Trinajstić information content (AvgIpc) is 2.94. The Morgan fingerprint density at radius 3 is 2.53 bits per heavy atom. The summed E-state index contributed by atoms with van der Waals surface area (Å²) >= 11 is 0. The number of hydrogen-bond donors (Lipinski definition) is 2. The highest BCUT2D eigenvalue weighted by molar-refractivity contribution is 5.14. The van der Waals surface area contributed by atoms with Gasteiger partial charge in [-0.05, 0) is 50.2 Å². The monoisotopic (exact) mass is 207 g/mol. The molecule has 15 heavy (non-hydrogen) atoms. The highest BCUT2D eigenvalue weighted by atomic mass is 15.2. The molecule has 1 heterocycles. The van der Waals surface area contributed by atoms with Gasteiger partial charge in [-0.3, -0.25) is 0 Å². The summed E-state index contributed by atoms with van der Waals surface area (Å²) in [6.45, 7) is 4.12. The second-order valence-corrected chi connectivity index (χ2v) is 5.03. The molecule has 2 rings (SSSR count). The van der Waals surface area contributed by atoms with Gasteiger partial charge in [0, 0.05) is 18.8 Å². The fraction of sp³-hybridized carbons (Fsp3) is 0.667.